The molecule has 0 spiro atoms. The van der Waals surface area contributed by atoms with Gasteiger partial charge in [-0.1, -0.05) is 19.4 Å². The number of benzene rings is 1. The fourth-order valence-corrected chi connectivity index (χ4v) is 6.08. The van der Waals surface area contributed by atoms with E-state index in [1.165, 1.54) is 12.8 Å². The molecule has 39 heavy (non-hydrogen) atoms. The van der Waals surface area contributed by atoms with E-state index in [2.05, 4.69) is 26.5 Å². The molecule has 5 rings (SSSR count). The number of imidazole rings is 1. The molecule has 1 N–H and O–H groups in total. The maximum absolute atomic E-state index is 12.4. The number of hydrogen-bond donors (Lipinski definition) is 1. The van der Waals surface area contributed by atoms with Crippen LogP contribution >= 0.6 is 0 Å². The number of ether oxygens (including phenoxy) is 3. The molecule has 3 aromatic rings. The maximum Gasteiger partial charge on any atom is 0.412 e. The van der Waals surface area contributed by atoms with Gasteiger partial charge in [0.2, 0.25) is 0 Å². The van der Waals surface area contributed by atoms with Crippen molar-refractivity contribution in [2.75, 3.05) is 38.7 Å². The van der Waals surface area contributed by atoms with Gasteiger partial charge in [0, 0.05) is 43.0 Å². The number of anilines is 1. The van der Waals surface area contributed by atoms with Crippen LogP contribution in [0.5, 0.6) is 5.75 Å². The van der Waals surface area contributed by atoms with Crippen molar-refractivity contribution in [3.8, 4) is 17.0 Å². The third-order valence-corrected chi connectivity index (χ3v) is 8.10. The normalized spacial score (nSPS) is 21.0. The van der Waals surface area contributed by atoms with Gasteiger partial charge in [0.25, 0.3) is 0 Å². The first-order valence-electron chi connectivity index (χ1n) is 14.3. The van der Waals surface area contributed by atoms with E-state index in [4.69, 9.17) is 19.2 Å². The number of methoxy groups -OCH3 is 1. The predicted octanol–water partition coefficient (Wildman–Crippen LogP) is 5.81. The summed E-state index contributed by atoms with van der Waals surface area (Å²) in [5.41, 5.74) is 4.32. The molecular weight excluding hydrogens is 494 g/mol. The van der Waals surface area contributed by atoms with Crippen molar-refractivity contribution in [2.24, 2.45) is 0 Å². The molecular formula is C30H41N5O4. The monoisotopic (exact) mass is 535 g/mol. The van der Waals surface area contributed by atoms with Gasteiger partial charge >= 0.3 is 6.09 Å². The zero-order valence-electron chi connectivity index (χ0n) is 23.6. The highest BCUT2D eigenvalue weighted by molar-refractivity contribution is 5.89. The van der Waals surface area contributed by atoms with Crippen LogP contribution < -0.4 is 10.1 Å². The van der Waals surface area contributed by atoms with E-state index in [-0.39, 0.29) is 6.10 Å². The zero-order valence-corrected chi connectivity index (χ0v) is 23.6. The third-order valence-electron chi connectivity index (χ3n) is 8.10. The third kappa shape index (κ3) is 6.04. The molecule has 0 unspecified atom stereocenters. The second kappa shape index (κ2) is 12.3. The number of hydrogen-bond acceptors (Lipinski definition) is 7. The minimum Gasteiger partial charge on any atom is -0.495 e. The molecule has 1 aliphatic carbocycles. The van der Waals surface area contributed by atoms with E-state index in [0.29, 0.717) is 23.4 Å². The number of nitrogens with one attached hydrogen (secondary N) is 1. The van der Waals surface area contributed by atoms with E-state index in [1.807, 2.05) is 44.4 Å². The van der Waals surface area contributed by atoms with Crippen LogP contribution in [0.1, 0.15) is 69.8 Å². The van der Waals surface area contributed by atoms with Crippen molar-refractivity contribution in [2.45, 2.75) is 77.4 Å². The molecule has 2 aromatic heterocycles. The van der Waals surface area contributed by atoms with Crippen LogP contribution in [0.3, 0.4) is 0 Å². The summed E-state index contributed by atoms with van der Waals surface area (Å²) < 4.78 is 18.9. The molecule has 9 nitrogen and oxygen atoms in total. The molecule has 1 saturated heterocycles. The van der Waals surface area contributed by atoms with Crippen molar-refractivity contribution in [3.63, 3.8) is 0 Å². The van der Waals surface area contributed by atoms with Crippen LogP contribution in [0.4, 0.5) is 10.5 Å². The summed E-state index contributed by atoms with van der Waals surface area (Å²) in [6, 6.07) is 6.39. The Morgan fingerprint density at radius 1 is 1.21 bits per heavy atom. The lowest BCUT2D eigenvalue weighted by Crippen LogP contribution is -2.44. The Labute approximate surface area is 230 Å². The lowest BCUT2D eigenvalue weighted by atomic mass is 9.84. The summed E-state index contributed by atoms with van der Waals surface area (Å²) in [4.78, 5) is 24.8. The first-order valence-corrected chi connectivity index (χ1v) is 14.3. The summed E-state index contributed by atoms with van der Waals surface area (Å²) in [5.74, 6) is 2.05. The van der Waals surface area contributed by atoms with Crippen molar-refractivity contribution in [3.05, 3.63) is 42.1 Å². The van der Waals surface area contributed by atoms with E-state index in [9.17, 15) is 4.79 Å². The van der Waals surface area contributed by atoms with Crippen molar-refractivity contribution in [1.82, 2.24) is 19.3 Å². The molecule has 0 bridgehead atoms. The molecule has 0 radical (unpaired) electrons. The van der Waals surface area contributed by atoms with Crippen LogP contribution in [0.15, 0.2) is 30.6 Å². The standard InChI is InChI=1S/C30H41N5O4/c1-5-6-20(2)39-30(36)32-25-12-9-23(19-26(25)37-4)27-28-21(3)31-13-14-35(28)29(33-27)22-7-10-24(11-8-22)34-15-17-38-18-16-34/h9,12-14,19-20,22,24H,5-8,10-11,15-18H2,1-4H3,(H,32,36)/t20-,22-,24+/m0/s1. The minimum atomic E-state index is -0.482. The van der Waals surface area contributed by atoms with Gasteiger partial charge in [-0.05, 0) is 58.1 Å². The highest BCUT2D eigenvalue weighted by atomic mass is 16.6. The molecule has 1 aliphatic heterocycles. The summed E-state index contributed by atoms with van der Waals surface area (Å²) >= 11 is 0. The fraction of sp³-hybridized carbons (Fsp3) is 0.567. The molecule has 1 amide bonds. The Balaban J connectivity index is 1.39. The molecule has 210 valence electrons. The lowest BCUT2D eigenvalue weighted by Gasteiger charge is -2.38. The molecule has 3 heterocycles. The van der Waals surface area contributed by atoms with Gasteiger partial charge in [-0.2, -0.15) is 0 Å². The second-order valence-electron chi connectivity index (χ2n) is 10.7. The molecule has 2 fully saturated rings. The van der Waals surface area contributed by atoms with Crippen molar-refractivity contribution >= 4 is 17.3 Å². The summed E-state index contributed by atoms with van der Waals surface area (Å²) in [6.07, 6.45) is 9.63. The zero-order chi connectivity index (χ0) is 27.4. The average molecular weight is 536 g/mol. The van der Waals surface area contributed by atoms with Crippen LogP contribution in [-0.2, 0) is 9.47 Å². The number of morpholine rings is 1. The van der Waals surface area contributed by atoms with Gasteiger partial charge in [0.05, 0.1) is 42.9 Å². The number of carbonyl (C=O) groups is 1. The topological polar surface area (TPSA) is 90.2 Å². The minimum absolute atomic E-state index is 0.144. The van der Waals surface area contributed by atoms with Gasteiger partial charge in [0.1, 0.15) is 17.7 Å². The van der Waals surface area contributed by atoms with Crippen molar-refractivity contribution < 1.29 is 19.0 Å². The highest BCUT2D eigenvalue weighted by Gasteiger charge is 2.30. The van der Waals surface area contributed by atoms with E-state index in [0.717, 1.165) is 80.3 Å². The number of carbonyl (C=O) groups excluding carboxylic acids is 1. The van der Waals surface area contributed by atoms with Gasteiger partial charge < -0.3 is 14.2 Å². The van der Waals surface area contributed by atoms with Gasteiger partial charge in [-0.3, -0.25) is 19.6 Å². The van der Waals surface area contributed by atoms with E-state index in [1.54, 1.807) is 7.11 Å². The number of aromatic nitrogens is 3. The average Bonchev–Trinajstić information content (AvgIpc) is 3.35. The van der Waals surface area contributed by atoms with Crippen LogP contribution in [0.25, 0.3) is 16.8 Å². The molecule has 2 aliphatic rings. The molecule has 9 heteroatoms. The highest BCUT2D eigenvalue weighted by Crippen LogP contribution is 2.39. The first kappa shape index (κ1) is 27.4. The van der Waals surface area contributed by atoms with Crippen molar-refractivity contribution in [1.29, 1.82) is 0 Å². The lowest BCUT2D eigenvalue weighted by molar-refractivity contribution is 0.00710. The van der Waals surface area contributed by atoms with Gasteiger partial charge in [-0.15, -0.1) is 0 Å². The second-order valence-corrected chi connectivity index (χ2v) is 10.7. The Hall–Kier alpha value is -3.17. The molecule has 1 aromatic carbocycles. The van der Waals surface area contributed by atoms with Crippen LogP contribution in [0, 0.1) is 6.92 Å². The smallest absolute Gasteiger partial charge is 0.412 e. The predicted molar refractivity (Wildman–Crippen MR) is 152 cm³/mol. The number of rotatable bonds is 8. The Morgan fingerprint density at radius 3 is 2.69 bits per heavy atom. The fourth-order valence-electron chi connectivity index (χ4n) is 6.08. The van der Waals surface area contributed by atoms with E-state index >= 15 is 0 Å². The van der Waals surface area contributed by atoms with Gasteiger partial charge in [0.15, 0.2) is 0 Å². The number of aryl methyl sites for hydroxylation is 1. The summed E-state index contributed by atoms with van der Waals surface area (Å²) in [7, 11) is 1.60. The quantitative estimate of drug-likeness (QED) is 0.389. The molecule has 1 atom stereocenters. The SMILES string of the molecule is CCC[C@H](C)OC(=O)Nc1ccc(-c2nc([C@H]3CC[C@@H](N4CCOCC4)CC3)n3ccnc(C)c23)cc1OC. The summed E-state index contributed by atoms with van der Waals surface area (Å²) in [5, 5.41) is 2.83. The van der Waals surface area contributed by atoms with Crippen LogP contribution in [0.2, 0.25) is 0 Å². The van der Waals surface area contributed by atoms with E-state index < -0.39 is 6.09 Å². The Kier molecular flexibility index (Phi) is 8.67. The van der Waals surface area contributed by atoms with Crippen LogP contribution in [-0.4, -0.2) is 70.9 Å². The number of amides is 1. The number of nitrogens with zero attached hydrogens (tertiary/aromatic N) is 4. The largest absolute Gasteiger partial charge is 0.495 e. The molecule has 1 saturated carbocycles. The maximum atomic E-state index is 12.4. The number of fused-ring (bicyclic) bond motifs is 1. The van der Waals surface area contributed by atoms with Gasteiger partial charge in [-0.25, -0.2) is 9.78 Å². The Bertz CT molecular complexity index is 1280. The first-order chi connectivity index (χ1) is 19.0. The Morgan fingerprint density at radius 2 is 1.97 bits per heavy atom. The summed E-state index contributed by atoms with van der Waals surface area (Å²) in [6.45, 7) is 9.77.